The number of hydrogen-bond acceptors (Lipinski definition) is 5. The Hall–Kier alpha value is -4.28. The summed E-state index contributed by atoms with van der Waals surface area (Å²) in [5, 5.41) is 22.7. The van der Waals surface area contributed by atoms with Crippen LogP contribution in [-0.4, -0.2) is 21.1 Å². The number of nitriles is 1. The van der Waals surface area contributed by atoms with Crippen molar-refractivity contribution in [3.63, 3.8) is 0 Å². The number of rotatable bonds is 6. The van der Waals surface area contributed by atoms with Crippen LogP contribution in [0.3, 0.4) is 0 Å². The van der Waals surface area contributed by atoms with Crippen molar-refractivity contribution in [3.8, 4) is 17.2 Å². The lowest BCUT2D eigenvalue weighted by Gasteiger charge is -2.44. The number of amides is 1. The molecule has 7 heteroatoms. The summed E-state index contributed by atoms with van der Waals surface area (Å²) in [5.74, 6) is -0.552. The zero-order valence-corrected chi connectivity index (χ0v) is 23.5. The molecule has 0 saturated heterocycles. The molecule has 6 rings (SSSR count). The van der Waals surface area contributed by atoms with E-state index in [-0.39, 0.29) is 17.7 Å². The molecular formula is C33H31N5OS. The summed E-state index contributed by atoms with van der Waals surface area (Å²) in [6.45, 7) is 4.19. The fraction of sp³-hybridized carbons (Fsp3) is 0.273. The van der Waals surface area contributed by atoms with Gasteiger partial charge < -0.3 is 5.32 Å². The van der Waals surface area contributed by atoms with E-state index >= 15 is 0 Å². The van der Waals surface area contributed by atoms with Crippen LogP contribution in [0.15, 0.2) is 89.6 Å². The predicted molar refractivity (Wildman–Crippen MR) is 159 cm³/mol. The van der Waals surface area contributed by atoms with E-state index in [4.69, 9.17) is 4.98 Å². The minimum atomic E-state index is -0.804. The number of aromatic nitrogens is 3. The third-order valence-corrected chi connectivity index (χ3v) is 9.16. The Morgan fingerprint density at radius 3 is 2.70 bits per heavy atom. The molecule has 0 fully saturated rings. The average Bonchev–Trinajstić information content (AvgIpc) is 3.66. The molecule has 0 spiro atoms. The molecule has 0 aliphatic heterocycles. The van der Waals surface area contributed by atoms with E-state index < -0.39 is 5.41 Å². The molecule has 2 aliphatic carbocycles. The van der Waals surface area contributed by atoms with Crippen molar-refractivity contribution in [1.82, 2.24) is 15.2 Å². The summed E-state index contributed by atoms with van der Waals surface area (Å²) in [6, 6.07) is 19.0. The zero-order valence-electron chi connectivity index (χ0n) is 22.6. The van der Waals surface area contributed by atoms with Crippen molar-refractivity contribution in [3.05, 3.63) is 112 Å². The van der Waals surface area contributed by atoms with Gasteiger partial charge in [-0.05, 0) is 60.9 Å². The van der Waals surface area contributed by atoms with Crippen LogP contribution in [0.25, 0.3) is 11.1 Å². The fourth-order valence-corrected chi connectivity index (χ4v) is 6.90. The lowest BCUT2D eigenvalue weighted by Crippen LogP contribution is -2.44. The maximum Gasteiger partial charge on any atom is 0.233 e. The van der Waals surface area contributed by atoms with Crippen LogP contribution in [0.4, 0.5) is 5.13 Å². The molecule has 200 valence electrons. The summed E-state index contributed by atoms with van der Waals surface area (Å²) >= 11 is 1.44. The SMILES string of the molecule is CC1=C(C2c3ccccc3C(C#N)CC2(C)C(=O)Nc2nc(Cc3ccc(-c4cn[nH]c4)cc3)cs2)C=CCC1. The van der Waals surface area contributed by atoms with Gasteiger partial charge in [0.2, 0.25) is 5.91 Å². The van der Waals surface area contributed by atoms with Gasteiger partial charge >= 0.3 is 0 Å². The van der Waals surface area contributed by atoms with Crippen LogP contribution in [0.5, 0.6) is 0 Å². The van der Waals surface area contributed by atoms with Crippen LogP contribution in [0.2, 0.25) is 0 Å². The van der Waals surface area contributed by atoms with Gasteiger partial charge in [-0.3, -0.25) is 9.89 Å². The number of nitrogens with zero attached hydrogens (tertiary/aromatic N) is 3. The first-order valence-electron chi connectivity index (χ1n) is 13.6. The van der Waals surface area contributed by atoms with Gasteiger partial charge in [0.05, 0.1) is 29.3 Å². The van der Waals surface area contributed by atoms with E-state index in [0.29, 0.717) is 18.0 Å². The van der Waals surface area contributed by atoms with Gasteiger partial charge in [0, 0.05) is 29.5 Å². The number of aromatic amines is 1. The first kappa shape index (κ1) is 26.0. The van der Waals surface area contributed by atoms with Crippen molar-refractivity contribution < 1.29 is 4.79 Å². The van der Waals surface area contributed by atoms with Gasteiger partial charge in [-0.2, -0.15) is 10.4 Å². The lowest BCUT2D eigenvalue weighted by atomic mass is 9.58. The molecule has 2 heterocycles. The Bertz CT molecular complexity index is 1640. The number of carbonyl (C=O) groups is 1. The second-order valence-electron chi connectivity index (χ2n) is 11.0. The summed E-state index contributed by atoms with van der Waals surface area (Å²) in [7, 11) is 0. The molecule has 2 aliphatic rings. The predicted octanol–water partition coefficient (Wildman–Crippen LogP) is 7.53. The second kappa shape index (κ2) is 10.7. The summed E-state index contributed by atoms with van der Waals surface area (Å²) in [5.41, 5.74) is 8.04. The Morgan fingerprint density at radius 1 is 1.18 bits per heavy atom. The van der Waals surface area contributed by atoms with Crippen LogP contribution < -0.4 is 5.32 Å². The minimum absolute atomic E-state index is 0.0862. The maximum absolute atomic E-state index is 14.1. The second-order valence-corrected chi connectivity index (χ2v) is 11.9. The quantitative estimate of drug-likeness (QED) is 0.262. The first-order valence-corrected chi connectivity index (χ1v) is 14.5. The van der Waals surface area contributed by atoms with Gasteiger partial charge in [-0.25, -0.2) is 4.98 Å². The smallest absolute Gasteiger partial charge is 0.233 e. The van der Waals surface area contributed by atoms with Crippen molar-refractivity contribution in [2.45, 2.75) is 51.4 Å². The highest BCUT2D eigenvalue weighted by Gasteiger charge is 2.50. The zero-order chi connectivity index (χ0) is 27.7. The van der Waals surface area contributed by atoms with Gasteiger partial charge in [-0.15, -0.1) is 11.3 Å². The van der Waals surface area contributed by atoms with E-state index in [1.807, 2.05) is 42.9 Å². The van der Waals surface area contributed by atoms with Gasteiger partial charge in [-0.1, -0.05) is 66.3 Å². The largest absolute Gasteiger partial charge is 0.301 e. The van der Waals surface area contributed by atoms with E-state index in [0.717, 1.165) is 46.4 Å². The molecule has 3 unspecified atom stereocenters. The number of fused-ring (bicyclic) bond motifs is 1. The Labute approximate surface area is 238 Å². The third kappa shape index (κ3) is 4.80. The summed E-state index contributed by atoms with van der Waals surface area (Å²) < 4.78 is 0. The molecule has 3 atom stereocenters. The van der Waals surface area contributed by atoms with Crippen molar-refractivity contribution in [1.29, 1.82) is 5.26 Å². The first-order chi connectivity index (χ1) is 19.5. The number of nitrogens with one attached hydrogen (secondary N) is 2. The van der Waals surface area contributed by atoms with Crippen molar-refractivity contribution >= 4 is 22.4 Å². The van der Waals surface area contributed by atoms with Crippen LogP contribution in [0.1, 0.15) is 67.3 Å². The topological polar surface area (TPSA) is 94.5 Å². The van der Waals surface area contributed by atoms with Crippen LogP contribution in [-0.2, 0) is 11.2 Å². The molecule has 6 nitrogen and oxygen atoms in total. The molecule has 2 aromatic heterocycles. The molecule has 4 aromatic rings. The summed E-state index contributed by atoms with van der Waals surface area (Å²) in [6.07, 6.45) is 11.2. The average molecular weight is 546 g/mol. The maximum atomic E-state index is 14.1. The molecular weight excluding hydrogens is 514 g/mol. The highest BCUT2D eigenvalue weighted by molar-refractivity contribution is 7.13. The number of anilines is 1. The number of allylic oxidation sites excluding steroid dienone is 4. The van der Waals surface area contributed by atoms with Gasteiger partial charge in [0.25, 0.3) is 0 Å². The van der Waals surface area contributed by atoms with Crippen molar-refractivity contribution in [2.75, 3.05) is 5.32 Å². The number of hydrogen-bond donors (Lipinski definition) is 2. The molecule has 1 amide bonds. The fourth-order valence-electron chi connectivity index (χ4n) is 6.19. The Balaban J connectivity index is 1.25. The normalized spacial score (nSPS) is 22.0. The Morgan fingerprint density at radius 2 is 1.98 bits per heavy atom. The Kier molecular flexibility index (Phi) is 6.95. The monoisotopic (exact) mass is 545 g/mol. The van der Waals surface area contributed by atoms with Crippen molar-refractivity contribution in [2.24, 2.45) is 5.41 Å². The standard InChI is InChI=1S/C33H31N5OS/c1-21-7-3-4-8-27(21)30-29-10-6-5-9-28(29)24(17-34)16-33(30,2)31(39)38-32-37-26(20-40-32)15-22-11-13-23(14-12-22)25-18-35-36-19-25/h4-6,8-14,18-20,24,30H,3,7,15-16H2,1-2H3,(H,35,36)(H,37,38,39). The highest BCUT2D eigenvalue weighted by atomic mass is 32.1. The van der Waals surface area contributed by atoms with E-state index in [1.54, 1.807) is 0 Å². The number of carbonyl (C=O) groups excluding carboxylic acids is 1. The van der Waals surface area contributed by atoms with E-state index in [9.17, 15) is 10.1 Å². The minimum Gasteiger partial charge on any atom is -0.301 e. The van der Waals surface area contributed by atoms with E-state index in [2.05, 4.69) is 71.0 Å². The van der Waals surface area contributed by atoms with Gasteiger partial charge in [0.1, 0.15) is 0 Å². The molecule has 40 heavy (non-hydrogen) atoms. The molecule has 2 N–H and O–H groups in total. The van der Waals surface area contributed by atoms with E-state index in [1.165, 1.54) is 22.5 Å². The molecule has 0 saturated carbocycles. The van der Waals surface area contributed by atoms with Crippen LogP contribution in [0, 0.1) is 16.7 Å². The molecule has 2 aromatic carbocycles. The summed E-state index contributed by atoms with van der Waals surface area (Å²) in [4.78, 5) is 18.9. The van der Waals surface area contributed by atoms with Gasteiger partial charge in [0.15, 0.2) is 5.13 Å². The third-order valence-electron chi connectivity index (χ3n) is 8.35. The molecule has 0 bridgehead atoms. The van der Waals surface area contributed by atoms with Crippen LogP contribution >= 0.6 is 11.3 Å². The number of benzene rings is 2. The number of thiazole rings is 1. The number of H-pyrrole nitrogens is 1. The molecule has 0 radical (unpaired) electrons. The lowest BCUT2D eigenvalue weighted by molar-refractivity contribution is -0.126. The highest BCUT2D eigenvalue weighted by Crippen LogP contribution is 2.55.